The number of fused-ring (bicyclic) bond motifs is 1. The summed E-state index contributed by atoms with van der Waals surface area (Å²) >= 11 is 3.73. The molecule has 1 atom stereocenters. The number of thiophene rings is 1. The van der Waals surface area contributed by atoms with Gasteiger partial charge in [0, 0.05) is 30.9 Å². The summed E-state index contributed by atoms with van der Waals surface area (Å²) < 4.78 is 5.53. The Morgan fingerprint density at radius 3 is 3.05 bits per heavy atom. The van der Waals surface area contributed by atoms with Crippen molar-refractivity contribution in [2.45, 2.75) is 12.0 Å². The molecule has 2 fully saturated rings. The fourth-order valence-electron chi connectivity index (χ4n) is 3.31. The number of ether oxygens (including phenoxy) is 1. The summed E-state index contributed by atoms with van der Waals surface area (Å²) in [6, 6.07) is 2.10. The van der Waals surface area contributed by atoms with Gasteiger partial charge in [-0.3, -0.25) is 4.90 Å². The Morgan fingerprint density at radius 1 is 1.32 bits per heavy atom. The van der Waals surface area contributed by atoms with Crippen LogP contribution in [0.2, 0.25) is 0 Å². The van der Waals surface area contributed by atoms with E-state index in [9.17, 15) is 0 Å². The molecular formula is C15H20N4OS2. The minimum atomic E-state index is 0.238. The lowest BCUT2D eigenvalue weighted by Gasteiger charge is -2.43. The van der Waals surface area contributed by atoms with Gasteiger partial charge in [-0.1, -0.05) is 0 Å². The average molecular weight is 336 g/mol. The van der Waals surface area contributed by atoms with E-state index >= 15 is 0 Å². The molecule has 0 aromatic carbocycles. The molecule has 2 aromatic rings. The highest BCUT2D eigenvalue weighted by atomic mass is 32.2. The molecule has 0 unspecified atom stereocenters. The molecular weight excluding hydrogens is 316 g/mol. The quantitative estimate of drug-likeness (QED) is 0.925. The summed E-state index contributed by atoms with van der Waals surface area (Å²) in [5.74, 6) is 3.41. The van der Waals surface area contributed by atoms with Crippen LogP contribution in [0.15, 0.2) is 17.8 Å². The maximum Gasteiger partial charge on any atom is 0.138 e. The molecule has 0 aliphatic carbocycles. The standard InChI is InChI=1S/C15H20N4OS2/c1-7-22-14-12(1)13(17-11-18-14)16-9-15(2-8-21-10-15)19-3-5-20-6-4-19/h1,7,11H,2-6,8-10H2,(H,16,17,18)/t15-/m1/s1. The lowest BCUT2D eigenvalue weighted by atomic mass is 9.95. The van der Waals surface area contributed by atoms with Crippen molar-refractivity contribution in [2.75, 3.05) is 49.7 Å². The van der Waals surface area contributed by atoms with Crippen LogP contribution >= 0.6 is 23.1 Å². The van der Waals surface area contributed by atoms with E-state index in [0.717, 1.165) is 48.9 Å². The van der Waals surface area contributed by atoms with Crippen LogP contribution < -0.4 is 5.32 Å². The Labute approximate surface area is 138 Å². The molecule has 0 amide bonds. The lowest BCUT2D eigenvalue weighted by Crippen LogP contribution is -2.57. The van der Waals surface area contributed by atoms with Crippen molar-refractivity contribution < 1.29 is 4.74 Å². The minimum Gasteiger partial charge on any atom is -0.379 e. The maximum atomic E-state index is 5.53. The van der Waals surface area contributed by atoms with Gasteiger partial charge in [-0.15, -0.1) is 11.3 Å². The number of morpholine rings is 1. The number of rotatable bonds is 4. The fourth-order valence-corrected chi connectivity index (χ4v) is 5.52. The van der Waals surface area contributed by atoms with Crippen molar-refractivity contribution >= 4 is 39.1 Å². The number of nitrogens with zero attached hydrogens (tertiary/aromatic N) is 3. The molecule has 1 N–H and O–H groups in total. The maximum absolute atomic E-state index is 5.53. The number of hydrogen-bond acceptors (Lipinski definition) is 7. The van der Waals surface area contributed by atoms with Gasteiger partial charge in [-0.05, 0) is 23.6 Å². The Kier molecular flexibility index (Phi) is 4.21. The highest BCUT2D eigenvalue weighted by molar-refractivity contribution is 7.99. The molecule has 0 radical (unpaired) electrons. The Hall–Kier alpha value is -0.890. The van der Waals surface area contributed by atoms with Crippen molar-refractivity contribution in [3.63, 3.8) is 0 Å². The van der Waals surface area contributed by atoms with Gasteiger partial charge in [0.25, 0.3) is 0 Å². The van der Waals surface area contributed by atoms with Gasteiger partial charge in [0.05, 0.1) is 18.6 Å². The topological polar surface area (TPSA) is 50.3 Å². The van der Waals surface area contributed by atoms with Crippen LogP contribution in [0, 0.1) is 0 Å². The third-order valence-electron chi connectivity index (χ3n) is 4.61. The van der Waals surface area contributed by atoms with E-state index in [-0.39, 0.29) is 5.54 Å². The molecule has 2 aliphatic rings. The number of thioether (sulfide) groups is 1. The Balaban J connectivity index is 1.53. The second-order valence-corrected chi connectivity index (χ2v) is 7.84. The summed E-state index contributed by atoms with van der Waals surface area (Å²) in [5, 5.41) is 6.83. The van der Waals surface area contributed by atoms with Crippen molar-refractivity contribution in [1.82, 2.24) is 14.9 Å². The van der Waals surface area contributed by atoms with Crippen molar-refractivity contribution in [2.24, 2.45) is 0 Å². The number of anilines is 1. The molecule has 0 saturated carbocycles. The summed E-state index contributed by atoms with van der Waals surface area (Å²) in [6.07, 6.45) is 2.90. The third-order valence-corrected chi connectivity index (χ3v) is 6.67. The van der Waals surface area contributed by atoms with Crippen LogP contribution in [0.3, 0.4) is 0 Å². The molecule has 0 bridgehead atoms. The van der Waals surface area contributed by atoms with E-state index in [1.165, 1.54) is 17.9 Å². The highest BCUT2D eigenvalue weighted by Crippen LogP contribution is 2.35. The van der Waals surface area contributed by atoms with Gasteiger partial charge < -0.3 is 10.1 Å². The molecule has 2 saturated heterocycles. The van der Waals surface area contributed by atoms with Gasteiger partial charge in [0.2, 0.25) is 0 Å². The average Bonchev–Trinajstić information content (AvgIpc) is 3.24. The summed E-state index contributed by atoms with van der Waals surface area (Å²) in [5.41, 5.74) is 0.238. The van der Waals surface area contributed by atoms with Gasteiger partial charge in [0.15, 0.2) is 0 Å². The van der Waals surface area contributed by atoms with E-state index in [1.807, 2.05) is 0 Å². The summed E-state index contributed by atoms with van der Waals surface area (Å²) in [6.45, 7) is 4.74. The van der Waals surface area contributed by atoms with Gasteiger partial charge in [-0.25, -0.2) is 9.97 Å². The summed E-state index contributed by atoms with van der Waals surface area (Å²) in [7, 11) is 0. The molecule has 4 heterocycles. The SMILES string of the molecule is c1nc(NC[C@]2(N3CCOCC3)CCSC2)c2ccsc2n1. The molecule has 5 nitrogen and oxygen atoms in total. The minimum absolute atomic E-state index is 0.238. The first-order valence-corrected chi connectivity index (χ1v) is 9.73. The number of hydrogen-bond donors (Lipinski definition) is 1. The van der Waals surface area contributed by atoms with Crippen LogP contribution in [0.1, 0.15) is 6.42 Å². The van der Waals surface area contributed by atoms with Crippen LogP contribution in [0.5, 0.6) is 0 Å². The Morgan fingerprint density at radius 2 is 2.23 bits per heavy atom. The molecule has 4 rings (SSSR count). The number of aromatic nitrogens is 2. The van der Waals surface area contributed by atoms with E-state index in [4.69, 9.17) is 4.74 Å². The van der Waals surface area contributed by atoms with Crippen molar-refractivity contribution in [1.29, 1.82) is 0 Å². The van der Waals surface area contributed by atoms with Crippen LogP contribution in [0.25, 0.3) is 10.2 Å². The zero-order valence-electron chi connectivity index (χ0n) is 12.5. The van der Waals surface area contributed by atoms with Crippen LogP contribution in [0.4, 0.5) is 5.82 Å². The first-order valence-electron chi connectivity index (χ1n) is 7.70. The number of nitrogens with one attached hydrogen (secondary N) is 1. The first kappa shape index (κ1) is 14.7. The smallest absolute Gasteiger partial charge is 0.138 e. The predicted molar refractivity (Wildman–Crippen MR) is 93.0 cm³/mol. The van der Waals surface area contributed by atoms with Gasteiger partial charge >= 0.3 is 0 Å². The molecule has 0 spiro atoms. The molecule has 7 heteroatoms. The predicted octanol–water partition coefficient (Wildman–Crippen LogP) is 2.31. The zero-order valence-corrected chi connectivity index (χ0v) is 14.1. The second-order valence-electron chi connectivity index (χ2n) is 5.84. The van der Waals surface area contributed by atoms with Gasteiger partial charge in [0.1, 0.15) is 17.0 Å². The zero-order chi connectivity index (χ0) is 14.8. The molecule has 2 aliphatic heterocycles. The summed E-state index contributed by atoms with van der Waals surface area (Å²) in [4.78, 5) is 12.5. The first-order chi connectivity index (χ1) is 10.9. The van der Waals surface area contributed by atoms with Crippen molar-refractivity contribution in [3.8, 4) is 0 Å². The van der Waals surface area contributed by atoms with Crippen LogP contribution in [-0.4, -0.2) is 64.8 Å². The highest BCUT2D eigenvalue weighted by Gasteiger charge is 2.40. The van der Waals surface area contributed by atoms with E-state index in [2.05, 4.69) is 43.4 Å². The van der Waals surface area contributed by atoms with E-state index in [0.29, 0.717) is 0 Å². The lowest BCUT2D eigenvalue weighted by molar-refractivity contribution is -0.00921. The molecule has 22 heavy (non-hydrogen) atoms. The largest absolute Gasteiger partial charge is 0.379 e. The normalized spacial score (nSPS) is 26.5. The van der Waals surface area contributed by atoms with E-state index in [1.54, 1.807) is 17.7 Å². The monoisotopic (exact) mass is 336 g/mol. The molecule has 118 valence electrons. The third kappa shape index (κ3) is 2.71. The van der Waals surface area contributed by atoms with E-state index < -0.39 is 0 Å². The Bertz CT molecular complexity index is 635. The fraction of sp³-hybridized carbons (Fsp3) is 0.600. The van der Waals surface area contributed by atoms with Crippen LogP contribution in [-0.2, 0) is 4.74 Å². The molecule has 2 aromatic heterocycles. The van der Waals surface area contributed by atoms with Crippen molar-refractivity contribution in [3.05, 3.63) is 17.8 Å². The van der Waals surface area contributed by atoms with Gasteiger partial charge in [-0.2, -0.15) is 11.8 Å². The second kappa shape index (κ2) is 6.31.